The molecule has 106 valence electrons. The largest absolute Gasteiger partial charge is 0.493 e. The highest BCUT2D eigenvalue weighted by atomic mass is 32.1. The number of ether oxygens (including phenoxy) is 2. The van der Waals surface area contributed by atoms with E-state index in [1.165, 1.54) is 31.6 Å². The minimum Gasteiger partial charge on any atom is -0.493 e. The Morgan fingerprint density at radius 3 is 2.45 bits per heavy atom. The molecule has 0 unspecified atom stereocenters. The van der Waals surface area contributed by atoms with Gasteiger partial charge < -0.3 is 15.2 Å². The van der Waals surface area contributed by atoms with E-state index in [0.717, 1.165) is 4.88 Å². The molecule has 1 aromatic heterocycles. The number of benzene rings is 1. The third-order valence-corrected chi connectivity index (χ3v) is 3.87. The number of nitrogens with zero attached hydrogens (tertiary/aromatic N) is 1. The highest BCUT2D eigenvalue weighted by Gasteiger charge is 2.25. The number of nitrogens with two attached hydrogens (primary N) is 1. The average molecular weight is 294 g/mol. The minimum absolute atomic E-state index is 0.0800. The number of hydrogen-bond donors (Lipinski definition) is 1. The zero-order valence-electron chi connectivity index (χ0n) is 11.0. The van der Waals surface area contributed by atoms with E-state index in [0.29, 0.717) is 17.1 Å². The standard InChI is InChI=1S/C13H14N2O4S/c1-18-10-6-8(13(14)12-4-3-5-20-12)9(15(16)17)7-11(10)19-2/h3-7,13H,14H2,1-2H3/t13-/m1/s1. The monoisotopic (exact) mass is 294 g/mol. The molecule has 20 heavy (non-hydrogen) atoms. The van der Waals surface area contributed by atoms with E-state index in [-0.39, 0.29) is 5.69 Å². The number of rotatable bonds is 5. The molecule has 1 aromatic carbocycles. The third-order valence-electron chi connectivity index (χ3n) is 2.91. The Kier molecular flexibility index (Phi) is 4.21. The smallest absolute Gasteiger partial charge is 0.278 e. The van der Waals surface area contributed by atoms with Gasteiger partial charge in [-0.1, -0.05) is 6.07 Å². The summed E-state index contributed by atoms with van der Waals surface area (Å²) in [6, 6.07) is 6.01. The van der Waals surface area contributed by atoms with Crippen LogP contribution < -0.4 is 15.2 Å². The molecule has 0 saturated carbocycles. The molecule has 0 amide bonds. The molecule has 2 N–H and O–H groups in total. The van der Waals surface area contributed by atoms with E-state index in [9.17, 15) is 10.1 Å². The molecule has 0 spiro atoms. The van der Waals surface area contributed by atoms with Crippen molar-refractivity contribution in [3.63, 3.8) is 0 Å². The Bertz CT molecular complexity index is 613. The van der Waals surface area contributed by atoms with Crippen LogP contribution in [0, 0.1) is 10.1 Å². The molecule has 1 atom stereocenters. The van der Waals surface area contributed by atoms with Gasteiger partial charge in [0, 0.05) is 4.88 Å². The molecule has 2 rings (SSSR count). The zero-order valence-corrected chi connectivity index (χ0v) is 11.8. The first-order valence-corrected chi connectivity index (χ1v) is 6.65. The molecular formula is C13H14N2O4S. The van der Waals surface area contributed by atoms with Gasteiger partial charge in [0.2, 0.25) is 0 Å². The van der Waals surface area contributed by atoms with Gasteiger partial charge in [-0.2, -0.15) is 0 Å². The Morgan fingerprint density at radius 2 is 1.95 bits per heavy atom. The quantitative estimate of drug-likeness (QED) is 0.676. The lowest BCUT2D eigenvalue weighted by molar-refractivity contribution is -0.385. The summed E-state index contributed by atoms with van der Waals surface area (Å²) in [5.41, 5.74) is 6.44. The van der Waals surface area contributed by atoms with Gasteiger partial charge in [0.15, 0.2) is 11.5 Å². The van der Waals surface area contributed by atoms with E-state index in [2.05, 4.69) is 0 Å². The normalized spacial score (nSPS) is 11.9. The number of nitro benzene ring substituents is 1. The topological polar surface area (TPSA) is 87.6 Å². The summed E-state index contributed by atoms with van der Waals surface area (Å²) >= 11 is 1.45. The molecule has 0 radical (unpaired) electrons. The summed E-state index contributed by atoms with van der Waals surface area (Å²) in [4.78, 5) is 11.6. The van der Waals surface area contributed by atoms with Gasteiger partial charge in [-0.05, 0) is 17.5 Å². The fraction of sp³-hybridized carbons (Fsp3) is 0.231. The lowest BCUT2D eigenvalue weighted by atomic mass is 10.0. The number of thiophene rings is 1. The maximum atomic E-state index is 11.2. The van der Waals surface area contributed by atoms with Gasteiger partial charge in [0.05, 0.1) is 36.8 Å². The van der Waals surface area contributed by atoms with Crippen LogP contribution in [0.1, 0.15) is 16.5 Å². The van der Waals surface area contributed by atoms with Crippen molar-refractivity contribution in [2.75, 3.05) is 14.2 Å². The van der Waals surface area contributed by atoms with Gasteiger partial charge in [-0.3, -0.25) is 10.1 Å². The second kappa shape index (κ2) is 5.89. The molecule has 0 aliphatic carbocycles. The molecule has 0 aliphatic heterocycles. The Labute approximate surface area is 119 Å². The Balaban J connectivity index is 2.58. The Hall–Kier alpha value is -2.12. The van der Waals surface area contributed by atoms with E-state index < -0.39 is 11.0 Å². The van der Waals surface area contributed by atoms with E-state index in [4.69, 9.17) is 15.2 Å². The second-order valence-electron chi connectivity index (χ2n) is 4.02. The lowest BCUT2D eigenvalue weighted by Crippen LogP contribution is -2.13. The maximum Gasteiger partial charge on any atom is 0.278 e. The molecule has 7 heteroatoms. The molecular weight excluding hydrogens is 280 g/mol. The predicted molar refractivity (Wildman–Crippen MR) is 76.5 cm³/mol. The predicted octanol–water partition coefficient (Wildman–Crippen LogP) is 2.72. The van der Waals surface area contributed by atoms with E-state index in [1.54, 1.807) is 6.07 Å². The fourth-order valence-corrected chi connectivity index (χ4v) is 2.66. The highest BCUT2D eigenvalue weighted by molar-refractivity contribution is 7.10. The fourth-order valence-electron chi connectivity index (χ4n) is 1.91. The van der Waals surface area contributed by atoms with Gasteiger partial charge in [0.1, 0.15) is 0 Å². The number of hydrogen-bond acceptors (Lipinski definition) is 6. The summed E-state index contributed by atoms with van der Waals surface area (Å²) in [6.07, 6.45) is 0. The van der Waals surface area contributed by atoms with Crippen molar-refractivity contribution in [1.29, 1.82) is 0 Å². The summed E-state index contributed by atoms with van der Waals surface area (Å²) in [5, 5.41) is 13.1. The third kappa shape index (κ3) is 2.59. The summed E-state index contributed by atoms with van der Waals surface area (Å²) in [7, 11) is 2.91. The van der Waals surface area contributed by atoms with Crippen molar-refractivity contribution < 1.29 is 14.4 Å². The van der Waals surface area contributed by atoms with Gasteiger partial charge in [0.25, 0.3) is 5.69 Å². The zero-order chi connectivity index (χ0) is 14.7. The molecule has 0 saturated heterocycles. The minimum atomic E-state index is -0.574. The number of methoxy groups -OCH3 is 2. The highest BCUT2D eigenvalue weighted by Crippen LogP contribution is 2.39. The van der Waals surface area contributed by atoms with E-state index in [1.807, 2.05) is 17.5 Å². The van der Waals surface area contributed by atoms with Crippen molar-refractivity contribution in [3.05, 3.63) is 50.2 Å². The van der Waals surface area contributed by atoms with Crippen LogP contribution >= 0.6 is 11.3 Å². The molecule has 0 bridgehead atoms. The molecule has 6 nitrogen and oxygen atoms in total. The van der Waals surface area contributed by atoms with Gasteiger partial charge >= 0.3 is 0 Å². The SMILES string of the molecule is COc1cc([C@@H](N)c2cccs2)c([N+](=O)[O-])cc1OC. The van der Waals surface area contributed by atoms with Crippen molar-refractivity contribution in [2.45, 2.75) is 6.04 Å². The Morgan fingerprint density at radius 1 is 1.30 bits per heavy atom. The van der Waals surface area contributed by atoms with Crippen LogP contribution in [0.3, 0.4) is 0 Å². The van der Waals surface area contributed by atoms with Gasteiger partial charge in [-0.15, -0.1) is 11.3 Å². The van der Waals surface area contributed by atoms with Crippen LogP contribution in [0.15, 0.2) is 29.6 Å². The van der Waals surface area contributed by atoms with Gasteiger partial charge in [-0.25, -0.2) is 0 Å². The average Bonchev–Trinajstić information content (AvgIpc) is 2.98. The second-order valence-corrected chi connectivity index (χ2v) is 5.00. The maximum absolute atomic E-state index is 11.2. The summed E-state index contributed by atoms with van der Waals surface area (Å²) in [6.45, 7) is 0. The van der Waals surface area contributed by atoms with Crippen LogP contribution in [0.4, 0.5) is 5.69 Å². The molecule has 0 aliphatic rings. The van der Waals surface area contributed by atoms with Crippen molar-refractivity contribution in [1.82, 2.24) is 0 Å². The van der Waals surface area contributed by atoms with Crippen molar-refractivity contribution in [2.24, 2.45) is 5.73 Å². The van der Waals surface area contributed by atoms with Crippen molar-refractivity contribution >= 4 is 17.0 Å². The van der Waals surface area contributed by atoms with Crippen LogP contribution in [-0.2, 0) is 0 Å². The lowest BCUT2D eigenvalue weighted by Gasteiger charge is -2.14. The van der Waals surface area contributed by atoms with Crippen LogP contribution in [0.2, 0.25) is 0 Å². The first-order chi connectivity index (χ1) is 9.58. The first-order valence-electron chi connectivity index (χ1n) is 5.77. The van der Waals surface area contributed by atoms with Crippen molar-refractivity contribution in [3.8, 4) is 11.5 Å². The molecule has 1 heterocycles. The molecule has 0 fully saturated rings. The van der Waals surface area contributed by atoms with Crippen LogP contribution in [0.25, 0.3) is 0 Å². The first kappa shape index (κ1) is 14.3. The summed E-state index contributed by atoms with van der Waals surface area (Å²) < 4.78 is 10.3. The van der Waals surface area contributed by atoms with Crippen LogP contribution in [0.5, 0.6) is 11.5 Å². The summed E-state index contributed by atoms with van der Waals surface area (Å²) in [5.74, 6) is 0.724. The van der Waals surface area contributed by atoms with Crippen LogP contribution in [-0.4, -0.2) is 19.1 Å². The number of nitro groups is 1. The molecule has 2 aromatic rings. The van der Waals surface area contributed by atoms with E-state index >= 15 is 0 Å².